The number of carbonyl (C=O) groups excluding carboxylic acids is 2. The highest BCUT2D eigenvalue weighted by Crippen LogP contribution is 2.44. The maximum absolute atomic E-state index is 14.5. The van der Waals surface area contributed by atoms with Crippen molar-refractivity contribution in [1.82, 2.24) is 10.2 Å². The summed E-state index contributed by atoms with van der Waals surface area (Å²) in [4.78, 5) is 27.8. The molecular weight excluding hydrogens is 677 g/mol. The SMILES string of the molecule is CO[C@@](C(=O)O[C@H](CNC(=O)OC(C)(C)C)c1cc(Br)c(OCCCN(C)C)c(Br)c1)(c1ccccc1)C(F)(F)F. The van der Waals surface area contributed by atoms with E-state index in [1.54, 1.807) is 32.9 Å². The molecule has 1 amide bonds. The van der Waals surface area contributed by atoms with Gasteiger partial charge in [0, 0.05) is 19.2 Å². The van der Waals surface area contributed by atoms with E-state index < -0.39 is 47.7 Å². The molecular formula is C28H35Br2F3N2O6. The summed E-state index contributed by atoms with van der Waals surface area (Å²) in [6.07, 6.45) is -6.63. The van der Waals surface area contributed by atoms with Crippen LogP contribution in [0.4, 0.5) is 18.0 Å². The molecule has 2 atom stereocenters. The van der Waals surface area contributed by atoms with E-state index >= 15 is 0 Å². The fraction of sp³-hybridized carbons (Fsp3) is 0.500. The highest BCUT2D eigenvalue weighted by Gasteiger charge is 2.64. The lowest BCUT2D eigenvalue weighted by Gasteiger charge is -2.34. The van der Waals surface area contributed by atoms with Gasteiger partial charge in [0.1, 0.15) is 17.5 Å². The lowest BCUT2D eigenvalue weighted by atomic mass is 9.92. The fourth-order valence-corrected chi connectivity index (χ4v) is 5.23. The van der Waals surface area contributed by atoms with Crippen LogP contribution in [0.2, 0.25) is 0 Å². The Bertz CT molecular complexity index is 1150. The van der Waals surface area contributed by atoms with Gasteiger partial charge >= 0.3 is 18.2 Å². The Balaban J connectivity index is 2.46. The minimum absolute atomic E-state index is 0.272. The number of benzene rings is 2. The van der Waals surface area contributed by atoms with Crippen LogP contribution >= 0.6 is 31.9 Å². The smallest absolute Gasteiger partial charge is 0.432 e. The second-order valence-electron chi connectivity index (χ2n) is 10.3. The van der Waals surface area contributed by atoms with Gasteiger partial charge in [0.05, 0.1) is 22.1 Å². The predicted octanol–water partition coefficient (Wildman–Crippen LogP) is 6.76. The molecule has 228 valence electrons. The van der Waals surface area contributed by atoms with Gasteiger partial charge in [-0.05, 0) is 90.8 Å². The van der Waals surface area contributed by atoms with Gasteiger partial charge in [-0.3, -0.25) is 0 Å². The molecule has 8 nitrogen and oxygen atoms in total. The molecule has 0 fully saturated rings. The average Bonchev–Trinajstić information content (AvgIpc) is 2.84. The maximum atomic E-state index is 14.5. The lowest BCUT2D eigenvalue weighted by Crippen LogP contribution is -2.52. The summed E-state index contributed by atoms with van der Waals surface area (Å²) in [5, 5.41) is 2.47. The van der Waals surface area contributed by atoms with Crippen LogP contribution in [0.5, 0.6) is 5.75 Å². The molecule has 0 unspecified atom stereocenters. The van der Waals surface area contributed by atoms with Gasteiger partial charge in [0.25, 0.3) is 5.60 Å². The van der Waals surface area contributed by atoms with Gasteiger partial charge in [-0.1, -0.05) is 30.3 Å². The first-order chi connectivity index (χ1) is 19.0. The van der Waals surface area contributed by atoms with Crippen molar-refractivity contribution in [2.45, 2.75) is 50.7 Å². The number of methoxy groups -OCH3 is 1. The van der Waals surface area contributed by atoms with E-state index in [0.29, 0.717) is 21.3 Å². The van der Waals surface area contributed by atoms with Gasteiger partial charge in [-0.25, -0.2) is 9.59 Å². The molecule has 0 heterocycles. The second-order valence-corrected chi connectivity index (χ2v) is 12.1. The van der Waals surface area contributed by atoms with Crippen molar-refractivity contribution in [3.8, 4) is 5.75 Å². The van der Waals surface area contributed by atoms with Crippen LogP contribution in [-0.4, -0.2) is 69.6 Å². The van der Waals surface area contributed by atoms with E-state index in [-0.39, 0.29) is 5.56 Å². The molecule has 2 aromatic carbocycles. The molecule has 0 radical (unpaired) electrons. The Morgan fingerprint density at radius 1 is 1.02 bits per heavy atom. The number of esters is 1. The number of hydrogen-bond acceptors (Lipinski definition) is 7. The monoisotopic (exact) mass is 710 g/mol. The Morgan fingerprint density at radius 2 is 1.61 bits per heavy atom. The van der Waals surface area contributed by atoms with E-state index in [1.165, 1.54) is 18.2 Å². The van der Waals surface area contributed by atoms with Crippen molar-refractivity contribution in [3.05, 3.63) is 62.5 Å². The van der Waals surface area contributed by atoms with Gasteiger partial charge in [-0.15, -0.1) is 0 Å². The molecule has 0 aromatic heterocycles. The summed E-state index contributed by atoms with van der Waals surface area (Å²) in [6, 6.07) is 9.57. The number of alkyl carbamates (subject to hydrolysis) is 1. The molecule has 41 heavy (non-hydrogen) atoms. The summed E-state index contributed by atoms with van der Waals surface area (Å²) in [5.74, 6) is -1.24. The summed E-state index contributed by atoms with van der Waals surface area (Å²) < 4.78 is 65.9. The molecule has 1 N–H and O–H groups in total. The number of nitrogens with zero attached hydrogens (tertiary/aromatic N) is 1. The van der Waals surface area contributed by atoms with Gasteiger partial charge in [0.15, 0.2) is 0 Å². The van der Waals surface area contributed by atoms with Crippen LogP contribution in [0.25, 0.3) is 0 Å². The average molecular weight is 712 g/mol. The number of rotatable bonds is 12. The number of alkyl halides is 3. The molecule has 0 saturated heterocycles. The standard InChI is InChI=1S/C28H35Br2F3N2O6/c1-26(2,3)41-25(37)34-17-22(18-15-20(29)23(21(30)16-18)39-14-10-13-35(4)5)40-24(36)27(38-6,28(31,32)33)19-11-8-7-9-12-19/h7-9,11-12,15-16,22H,10,13-14,17H2,1-6H3,(H,34,37)/t22-,27-/m1/s1. The second kappa shape index (κ2) is 14.7. The van der Waals surface area contributed by atoms with Crippen molar-refractivity contribution in [1.29, 1.82) is 0 Å². The summed E-state index contributed by atoms with van der Waals surface area (Å²) >= 11 is 6.86. The first-order valence-corrected chi connectivity index (χ1v) is 14.2. The third-order valence-electron chi connectivity index (χ3n) is 5.64. The zero-order chi connectivity index (χ0) is 31.0. The maximum Gasteiger partial charge on any atom is 0.432 e. The molecule has 2 aromatic rings. The van der Waals surface area contributed by atoms with E-state index in [0.717, 1.165) is 32.2 Å². The molecule has 0 aliphatic rings. The van der Waals surface area contributed by atoms with Crippen molar-refractivity contribution < 1.29 is 41.7 Å². The fourth-order valence-electron chi connectivity index (χ4n) is 3.78. The zero-order valence-corrected chi connectivity index (χ0v) is 26.9. The third kappa shape index (κ3) is 9.59. The zero-order valence-electron chi connectivity index (χ0n) is 23.7. The summed E-state index contributed by atoms with van der Waals surface area (Å²) in [5.41, 5.74) is -4.43. The molecule has 0 aliphatic carbocycles. The molecule has 0 aliphatic heterocycles. The molecule has 2 rings (SSSR count). The Hall–Kier alpha value is -2.35. The van der Waals surface area contributed by atoms with E-state index in [1.807, 2.05) is 19.0 Å². The minimum atomic E-state index is -5.17. The summed E-state index contributed by atoms with van der Waals surface area (Å²) in [7, 11) is 4.68. The quantitative estimate of drug-likeness (QED) is 0.193. The third-order valence-corrected chi connectivity index (χ3v) is 6.82. The van der Waals surface area contributed by atoms with Gasteiger partial charge in [-0.2, -0.15) is 13.2 Å². The first kappa shape index (κ1) is 34.8. The number of halogens is 5. The Kier molecular flexibility index (Phi) is 12.5. The molecule has 13 heteroatoms. The van der Waals surface area contributed by atoms with Gasteiger partial charge in [0.2, 0.25) is 0 Å². The Morgan fingerprint density at radius 3 is 2.10 bits per heavy atom. The highest BCUT2D eigenvalue weighted by molar-refractivity contribution is 9.11. The number of amides is 1. The van der Waals surface area contributed by atoms with Crippen LogP contribution < -0.4 is 10.1 Å². The van der Waals surface area contributed by atoms with Crippen LogP contribution in [0, 0.1) is 0 Å². The number of nitrogens with one attached hydrogen (secondary N) is 1. The topological polar surface area (TPSA) is 86.3 Å². The van der Waals surface area contributed by atoms with Crippen molar-refractivity contribution >= 4 is 43.9 Å². The van der Waals surface area contributed by atoms with E-state index in [4.69, 9.17) is 18.9 Å². The molecule has 0 bridgehead atoms. The van der Waals surface area contributed by atoms with Crippen molar-refractivity contribution in [2.75, 3.05) is 40.9 Å². The number of hydrogen-bond donors (Lipinski definition) is 1. The predicted molar refractivity (Wildman–Crippen MR) is 155 cm³/mol. The lowest BCUT2D eigenvalue weighted by molar-refractivity contribution is -0.278. The number of carbonyl (C=O) groups is 2. The van der Waals surface area contributed by atoms with Crippen molar-refractivity contribution in [2.24, 2.45) is 0 Å². The van der Waals surface area contributed by atoms with Crippen LogP contribution in [-0.2, 0) is 24.6 Å². The number of ether oxygens (including phenoxy) is 4. The van der Waals surface area contributed by atoms with Gasteiger partial charge < -0.3 is 29.2 Å². The molecule has 0 spiro atoms. The summed E-state index contributed by atoms with van der Waals surface area (Å²) in [6.45, 7) is 5.80. The van der Waals surface area contributed by atoms with Crippen LogP contribution in [0.15, 0.2) is 51.4 Å². The highest BCUT2D eigenvalue weighted by atomic mass is 79.9. The largest absolute Gasteiger partial charge is 0.491 e. The van der Waals surface area contributed by atoms with Crippen molar-refractivity contribution in [3.63, 3.8) is 0 Å². The van der Waals surface area contributed by atoms with E-state index in [9.17, 15) is 22.8 Å². The van der Waals surface area contributed by atoms with Crippen LogP contribution in [0.3, 0.4) is 0 Å². The Labute approximate surface area is 255 Å². The molecule has 0 saturated carbocycles. The first-order valence-electron chi connectivity index (χ1n) is 12.6. The van der Waals surface area contributed by atoms with Crippen LogP contribution in [0.1, 0.15) is 44.4 Å². The van der Waals surface area contributed by atoms with E-state index in [2.05, 4.69) is 37.2 Å². The minimum Gasteiger partial charge on any atom is -0.491 e. The normalized spacial score (nSPS) is 14.2.